The number of hydrogen-bond acceptors (Lipinski definition) is 3. The molecule has 0 aliphatic rings. The molecule has 210 valence electrons. The molecule has 0 radical (unpaired) electrons. The molecule has 0 saturated carbocycles. The number of benzene rings is 2. The molecule has 2 aromatic rings. The smallest absolute Gasteiger partial charge is 0.335 e. The molecule has 0 amide bonds. The van der Waals surface area contributed by atoms with Gasteiger partial charge in [0, 0.05) is 28.7 Å². The highest BCUT2D eigenvalue weighted by Crippen LogP contribution is 2.47. The lowest BCUT2D eigenvalue weighted by Gasteiger charge is -2.33. The number of carbonyl (C=O) groups excluding carboxylic acids is 1. The van der Waals surface area contributed by atoms with Crippen LogP contribution in [0.5, 0.6) is 11.5 Å². The van der Waals surface area contributed by atoms with E-state index in [0.29, 0.717) is 11.5 Å². The Labute approximate surface area is 232 Å². The summed E-state index contributed by atoms with van der Waals surface area (Å²) < 4.78 is 6.01. The maximum Gasteiger partial charge on any atom is 0.335 e. The zero-order valence-corrected chi connectivity index (χ0v) is 26.3. The van der Waals surface area contributed by atoms with Gasteiger partial charge in [0.1, 0.15) is 11.5 Å². The lowest BCUT2D eigenvalue weighted by molar-refractivity contribution is -0.129. The van der Waals surface area contributed by atoms with Gasteiger partial charge in [0.25, 0.3) is 0 Å². The molecule has 0 bridgehead atoms. The maximum absolute atomic E-state index is 12.6. The van der Waals surface area contributed by atoms with Crippen LogP contribution in [-0.4, -0.2) is 11.1 Å². The highest BCUT2D eigenvalue weighted by atomic mass is 16.5. The summed E-state index contributed by atoms with van der Waals surface area (Å²) in [4.78, 5) is 12.6. The molecule has 0 aromatic heterocycles. The molecule has 0 aliphatic heterocycles. The summed E-state index contributed by atoms with van der Waals surface area (Å²) in [5.74, 6) is 0.193. The van der Waals surface area contributed by atoms with Gasteiger partial charge in [0.2, 0.25) is 0 Å². The third-order valence-corrected chi connectivity index (χ3v) is 8.51. The molecule has 1 atom stereocenters. The lowest BCUT2D eigenvalue weighted by Crippen LogP contribution is -2.23. The van der Waals surface area contributed by atoms with E-state index in [9.17, 15) is 9.90 Å². The normalized spacial score (nSPS) is 13.8. The van der Waals surface area contributed by atoms with E-state index in [0.717, 1.165) is 35.1 Å². The van der Waals surface area contributed by atoms with Crippen LogP contribution in [0.2, 0.25) is 0 Å². The summed E-state index contributed by atoms with van der Waals surface area (Å²) in [7, 11) is 0. The van der Waals surface area contributed by atoms with Gasteiger partial charge in [0.15, 0.2) is 0 Å². The Hall–Kier alpha value is -2.55. The first-order valence-electron chi connectivity index (χ1n) is 14.1. The van der Waals surface area contributed by atoms with Crippen molar-refractivity contribution in [1.29, 1.82) is 0 Å². The van der Waals surface area contributed by atoms with Gasteiger partial charge in [-0.3, -0.25) is 0 Å². The highest BCUT2D eigenvalue weighted by Gasteiger charge is 2.33. The number of carbonyl (C=O) groups is 1. The Morgan fingerprint density at radius 1 is 0.816 bits per heavy atom. The SMILES string of the molecule is C=CC(=O)Oc1c(C(C)c2cc(C(C)(C)CC)cc(C(C)(C)C)c2O)cc(C(C)(C)CC)cc1C(C)(C)C. The Bertz CT molecular complexity index is 1180. The predicted octanol–water partition coefficient (Wildman–Crippen LogP) is 9.61. The zero-order valence-electron chi connectivity index (χ0n) is 26.3. The van der Waals surface area contributed by atoms with Crippen LogP contribution in [0.15, 0.2) is 36.9 Å². The highest BCUT2D eigenvalue weighted by molar-refractivity contribution is 5.84. The average Bonchev–Trinajstić information content (AvgIpc) is 2.81. The molecule has 0 aliphatic carbocycles. The Balaban J connectivity index is 3.06. The van der Waals surface area contributed by atoms with Crippen molar-refractivity contribution in [2.75, 3.05) is 0 Å². The second-order valence-electron chi connectivity index (χ2n) is 14.2. The maximum atomic E-state index is 12.6. The standard InChI is InChI=1S/C35H52O3/c1-15-29(36)38-31-26(19-24(35(13,14)17-3)21-28(31)33(8,9)10)22(4)25-18-23(34(11,12)16-2)20-27(30(25)37)32(5,6)7/h15,18-22,37H,1,16-17H2,2-14H3. The molecule has 3 nitrogen and oxygen atoms in total. The minimum absolute atomic E-state index is 0.0527. The van der Waals surface area contributed by atoms with Gasteiger partial charge in [-0.2, -0.15) is 0 Å². The molecule has 0 heterocycles. The molecule has 38 heavy (non-hydrogen) atoms. The van der Waals surface area contributed by atoms with Crippen molar-refractivity contribution in [1.82, 2.24) is 0 Å². The number of rotatable bonds is 8. The number of hydrogen-bond donors (Lipinski definition) is 1. The van der Waals surface area contributed by atoms with Gasteiger partial charge in [0.05, 0.1) is 0 Å². The van der Waals surface area contributed by atoms with Gasteiger partial charge in [-0.05, 0) is 51.2 Å². The summed E-state index contributed by atoms with van der Waals surface area (Å²) in [6.45, 7) is 32.0. The van der Waals surface area contributed by atoms with E-state index in [-0.39, 0.29) is 27.6 Å². The van der Waals surface area contributed by atoms with Crippen LogP contribution in [0, 0.1) is 0 Å². The van der Waals surface area contributed by atoms with Crippen LogP contribution < -0.4 is 4.74 Å². The van der Waals surface area contributed by atoms with E-state index in [1.165, 1.54) is 17.2 Å². The Morgan fingerprint density at radius 2 is 1.24 bits per heavy atom. The number of phenolic OH excluding ortho intramolecular Hbond substituents is 1. The van der Waals surface area contributed by atoms with Crippen LogP contribution in [0.25, 0.3) is 0 Å². The van der Waals surface area contributed by atoms with E-state index in [2.05, 4.69) is 121 Å². The van der Waals surface area contributed by atoms with E-state index in [1.54, 1.807) is 0 Å². The number of esters is 1. The fraction of sp³-hybridized carbons (Fsp3) is 0.571. The molecule has 2 aromatic carbocycles. The van der Waals surface area contributed by atoms with Crippen LogP contribution in [0.3, 0.4) is 0 Å². The summed E-state index contributed by atoms with van der Waals surface area (Å²) in [6, 6.07) is 8.71. The van der Waals surface area contributed by atoms with Crippen molar-refractivity contribution in [2.45, 2.75) is 130 Å². The van der Waals surface area contributed by atoms with E-state index < -0.39 is 5.97 Å². The van der Waals surface area contributed by atoms with E-state index in [1.807, 2.05) is 0 Å². The first-order chi connectivity index (χ1) is 17.2. The predicted molar refractivity (Wildman–Crippen MR) is 162 cm³/mol. The van der Waals surface area contributed by atoms with Gasteiger partial charge in [-0.1, -0.05) is 121 Å². The summed E-state index contributed by atoms with van der Waals surface area (Å²) in [5, 5.41) is 11.7. The molecule has 0 fully saturated rings. The van der Waals surface area contributed by atoms with Crippen molar-refractivity contribution in [2.24, 2.45) is 0 Å². The fourth-order valence-corrected chi connectivity index (χ4v) is 4.70. The van der Waals surface area contributed by atoms with Crippen molar-refractivity contribution in [3.63, 3.8) is 0 Å². The molecule has 2 rings (SSSR count). The van der Waals surface area contributed by atoms with Crippen LogP contribution in [-0.2, 0) is 26.5 Å². The quantitative estimate of drug-likeness (QED) is 0.214. The van der Waals surface area contributed by atoms with Crippen LogP contribution in [0.4, 0.5) is 0 Å². The zero-order chi connectivity index (χ0) is 29.4. The van der Waals surface area contributed by atoms with Gasteiger partial charge in [-0.15, -0.1) is 0 Å². The van der Waals surface area contributed by atoms with E-state index in [4.69, 9.17) is 4.74 Å². The van der Waals surface area contributed by atoms with Crippen LogP contribution in [0.1, 0.15) is 142 Å². The minimum Gasteiger partial charge on any atom is -0.507 e. The third-order valence-electron chi connectivity index (χ3n) is 8.51. The first kappa shape index (κ1) is 31.7. The Morgan fingerprint density at radius 3 is 1.63 bits per heavy atom. The van der Waals surface area contributed by atoms with Gasteiger partial charge in [-0.25, -0.2) is 4.79 Å². The molecule has 1 unspecified atom stereocenters. The second kappa shape index (κ2) is 10.9. The first-order valence-corrected chi connectivity index (χ1v) is 14.1. The fourth-order valence-electron chi connectivity index (χ4n) is 4.70. The molecular formula is C35H52O3. The monoisotopic (exact) mass is 520 g/mol. The third kappa shape index (κ3) is 6.53. The lowest BCUT2D eigenvalue weighted by atomic mass is 9.73. The van der Waals surface area contributed by atoms with Crippen molar-refractivity contribution in [3.8, 4) is 11.5 Å². The molecule has 1 N–H and O–H groups in total. The Kier molecular flexibility index (Phi) is 9.09. The van der Waals surface area contributed by atoms with Crippen molar-refractivity contribution >= 4 is 5.97 Å². The largest absolute Gasteiger partial charge is 0.507 e. The topological polar surface area (TPSA) is 46.5 Å². The van der Waals surface area contributed by atoms with Crippen LogP contribution >= 0.6 is 0 Å². The van der Waals surface area contributed by atoms with Gasteiger partial charge >= 0.3 is 5.97 Å². The van der Waals surface area contributed by atoms with Crippen molar-refractivity contribution < 1.29 is 14.6 Å². The van der Waals surface area contributed by atoms with E-state index >= 15 is 0 Å². The summed E-state index contributed by atoms with van der Waals surface area (Å²) in [6.07, 6.45) is 3.16. The molecular weight excluding hydrogens is 468 g/mol. The number of aromatic hydroxyl groups is 1. The summed E-state index contributed by atoms with van der Waals surface area (Å²) >= 11 is 0. The number of phenols is 1. The second-order valence-corrected chi connectivity index (χ2v) is 14.2. The summed E-state index contributed by atoms with van der Waals surface area (Å²) in [5.41, 5.74) is 5.46. The minimum atomic E-state index is -0.480. The molecule has 0 saturated heterocycles. The van der Waals surface area contributed by atoms with Crippen molar-refractivity contribution in [3.05, 3.63) is 70.3 Å². The molecule has 3 heteroatoms. The van der Waals surface area contributed by atoms with Gasteiger partial charge < -0.3 is 9.84 Å². The average molecular weight is 521 g/mol. The molecule has 0 spiro atoms. The number of ether oxygens (including phenoxy) is 1.